The smallest absolute Gasteiger partial charge is 0.271 e. The molecule has 0 saturated carbocycles. The molecular weight excluding hydrogens is 381 g/mol. The summed E-state index contributed by atoms with van der Waals surface area (Å²) in [4.78, 5) is 17.5. The number of halogens is 1. The Labute approximate surface area is 167 Å². The van der Waals surface area contributed by atoms with Gasteiger partial charge in [0.25, 0.3) is 5.56 Å². The zero-order chi connectivity index (χ0) is 20.1. The van der Waals surface area contributed by atoms with Gasteiger partial charge in [0.2, 0.25) is 0 Å². The highest BCUT2D eigenvalue weighted by Crippen LogP contribution is 2.46. The third-order valence-corrected chi connectivity index (χ3v) is 6.43. The van der Waals surface area contributed by atoms with Gasteiger partial charge in [-0.2, -0.15) is 0 Å². The van der Waals surface area contributed by atoms with Gasteiger partial charge < -0.3 is 9.47 Å². The summed E-state index contributed by atoms with van der Waals surface area (Å²) in [6.45, 7) is 6.61. The SMILES string of the molecule is COc1ccc([C@@H]2SC(C)=Nc3c2c(=O)[nH]n3[C@@H]2CCOC(C)(C)C2)c(F)c1. The predicted octanol–water partition coefficient (Wildman–Crippen LogP) is 4.34. The Bertz CT molecular complexity index is 995. The van der Waals surface area contributed by atoms with Crippen LogP contribution in [0.2, 0.25) is 0 Å². The third kappa shape index (κ3) is 3.39. The largest absolute Gasteiger partial charge is 0.497 e. The minimum Gasteiger partial charge on any atom is -0.497 e. The molecule has 1 fully saturated rings. The first-order chi connectivity index (χ1) is 13.3. The van der Waals surface area contributed by atoms with Crippen LogP contribution in [0.4, 0.5) is 10.2 Å². The number of methoxy groups -OCH3 is 1. The Kier molecular flexibility index (Phi) is 4.87. The van der Waals surface area contributed by atoms with Crippen LogP contribution in [0.25, 0.3) is 0 Å². The first-order valence-electron chi connectivity index (χ1n) is 9.33. The van der Waals surface area contributed by atoms with E-state index < -0.39 is 11.1 Å². The first kappa shape index (κ1) is 19.3. The van der Waals surface area contributed by atoms with Crippen LogP contribution in [-0.4, -0.2) is 34.1 Å². The van der Waals surface area contributed by atoms with Crippen molar-refractivity contribution in [3.8, 4) is 5.75 Å². The summed E-state index contributed by atoms with van der Waals surface area (Å²) in [6, 6.07) is 4.83. The number of nitrogens with one attached hydrogen (secondary N) is 1. The van der Waals surface area contributed by atoms with Crippen molar-refractivity contribution in [2.75, 3.05) is 13.7 Å². The van der Waals surface area contributed by atoms with Crippen molar-refractivity contribution in [1.82, 2.24) is 9.78 Å². The number of H-pyrrole nitrogens is 1. The number of thioether (sulfide) groups is 1. The Hall–Kier alpha value is -2.06. The van der Waals surface area contributed by atoms with E-state index in [1.54, 1.807) is 12.1 Å². The average molecular weight is 405 g/mol. The van der Waals surface area contributed by atoms with E-state index in [0.29, 0.717) is 29.3 Å². The highest BCUT2D eigenvalue weighted by atomic mass is 32.2. The molecule has 0 unspecified atom stereocenters. The van der Waals surface area contributed by atoms with Crippen LogP contribution in [0, 0.1) is 5.82 Å². The molecule has 8 heteroatoms. The van der Waals surface area contributed by atoms with Gasteiger partial charge in [-0.05, 0) is 39.7 Å². The van der Waals surface area contributed by atoms with Gasteiger partial charge >= 0.3 is 0 Å². The van der Waals surface area contributed by atoms with E-state index in [-0.39, 0.29) is 17.2 Å². The molecule has 2 atom stereocenters. The van der Waals surface area contributed by atoms with E-state index in [0.717, 1.165) is 17.9 Å². The quantitative estimate of drug-likeness (QED) is 0.825. The summed E-state index contributed by atoms with van der Waals surface area (Å²) in [7, 11) is 1.50. The zero-order valence-electron chi connectivity index (χ0n) is 16.4. The van der Waals surface area contributed by atoms with E-state index in [2.05, 4.69) is 10.1 Å². The fraction of sp³-hybridized carbons (Fsp3) is 0.500. The molecule has 150 valence electrons. The summed E-state index contributed by atoms with van der Waals surface area (Å²) in [5, 5.41) is 3.31. The number of hydrogen-bond donors (Lipinski definition) is 1. The third-order valence-electron chi connectivity index (χ3n) is 5.28. The maximum Gasteiger partial charge on any atom is 0.271 e. The van der Waals surface area contributed by atoms with E-state index >= 15 is 0 Å². The number of aliphatic imine (C=N–C) groups is 1. The number of ether oxygens (including phenoxy) is 2. The molecule has 1 aromatic heterocycles. The van der Waals surface area contributed by atoms with Gasteiger partial charge in [0.1, 0.15) is 11.6 Å². The van der Waals surface area contributed by atoms with Gasteiger partial charge in [-0.25, -0.2) is 9.38 Å². The maximum atomic E-state index is 14.8. The van der Waals surface area contributed by atoms with Gasteiger partial charge in [0, 0.05) is 18.2 Å². The summed E-state index contributed by atoms with van der Waals surface area (Å²) in [5.74, 6) is 0.657. The minimum absolute atomic E-state index is 0.0845. The predicted molar refractivity (Wildman–Crippen MR) is 109 cm³/mol. The van der Waals surface area contributed by atoms with Crippen LogP contribution in [0.5, 0.6) is 5.75 Å². The number of aromatic amines is 1. The highest BCUT2D eigenvalue weighted by Gasteiger charge is 2.36. The maximum absolute atomic E-state index is 14.8. The number of hydrogen-bond acceptors (Lipinski definition) is 5. The summed E-state index contributed by atoms with van der Waals surface area (Å²) in [5.41, 5.74) is 0.477. The van der Waals surface area contributed by atoms with Gasteiger partial charge in [0.05, 0.1) is 34.6 Å². The molecule has 3 heterocycles. The van der Waals surface area contributed by atoms with Crippen LogP contribution in [0.1, 0.15) is 56.0 Å². The average Bonchev–Trinajstić information content (AvgIpc) is 2.96. The fourth-order valence-electron chi connectivity index (χ4n) is 3.96. The van der Waals surface area contributed by atoms with E-state index in [1.165, 1.54) is 24.9 Å². The van der Waals surface area contributed by atoms with Crippen molar-refractivity contribution in [3.63, 3.8) is 0 Å². The molecule has 2 aliphatic heterocycles. The Balaban J connectivity index is 1.80. The highest BCUT2D eigenvalue weighted by molar-refractivity contribution is 8.14. The second-order valence-electron chi connectivity index (χ2n) is 7.82. The first-order valence-corrected chi connectivity index (χ1v) is 10.2. The van der Waals surface area contributed by atoms with Crippen molar-refractivity contribution in [1.29, 1.82) is 0 Å². The number of benzene rings is 1. The standard InChI is InChI=1S/C20H24FN3O3S/c1-11-22-18-16(17(28-11)14-6-5-13(26-4)9-15(14)21)19(25)23-24(18)12-7-8-27-20(2,3)10-12/h5-6,9,12,17H,7-8,10H2,1-4H3,(H,23,25)/t12-,17+/m1/s1. The van der Waals surface area contributed by atoms with Gasteiger partial charge in [-0.15, -0.1) is 0 Å². The van der Waals surface area contributed by atoms with Crippen molar-refractivity contribution in [3.05, 3.63) is 45.5 Å². The lowest BCUT2D eigenvalue weighted by Crippen LogP contribution is -2.35. The molecule has 0 spiro atoms. The number of rotatable bonds is 3. The van der Waals surface area contributed by atoms with E-state index in [1.807, 2.05) is 25.5 Å². The zero-order valence-corrected chi connectivity index (χ0v) is 17.2. The number of fused-ring (bicyclic) bond motifs is 1. The Morgan fingerprint density at radius 1 is 1.43 bits per heavy atom. The number of aromatic nitrogens is 2. The molecule has 0 amide bonds. The molecule has 0 radical (unpaired) electrons. The molecule has 2 aliphatic rings. The lowest BCUT2D eigenvalue weighted by molar-refractivity contribution is -0.0705. The van der Waals surface area contributed by atoms with Crippen molar-refractivity contribution in [2.45, 2.75) is 50.5 Å². The fourth-order valence-corrected chi connectivity index (χ4v) is 5.09. The number of nitrogens with zero attached hydrogens (tertiary/aromatic N) is 2. The lowest BCUT2D eigenvalue weighted by atomic mass is 9.94. The Morgan fingerprint density at radius 2 is 2.21 bits per heavy atom. The molecule has 6 nitrogen and oxygen atoms in total. The van der Waals surface area contributed by atoms with Crippen LogP contribution >= 0.6 is 11.8 Å². The van der Waals surface area contributed by atoms with Crippen LogP contribution < -0.4 is 10.3 Å². The van der Waals surface area contributed by atoms with Crippen molar-refractivity contribution >= 4 is 22.6 Å². The van der Waals surface area contributed by atoms with Crippen molar-refractivity contribution in [2.24, 2.45) is 4.99 Å². The summed E-state index contributed by atoms with van der Waals surface area (Å²) >= 11 is 1.39. The molecular formula is C20H24FN3O3S. The Morgan fingerprint density at radius 3 is 2.89 bits per heavy atom. The van der Waals surface area contributed by atoms with Crippen LogP contribution in [0.3, 0.4) is 0 Å². The normalized spacial score (nSPS) is 23.8. The molecule has 1 saturated heterocycles. The van der Waals surface area contributed by atoms with Crippen LogP contribution in [-0.2, 0) is 4.74 Å². The van der Waals surface area contributed by atoms with E-state index in [9.17, 15) is 9.18 Å². The minimum atomic E-state index is -0.448. The molecule has 28 heavy (non-hydrogen) atoms. The molecule has 4 rings (SSSR count). The van der Waals surface area contributed by atoms with E-state index in [4.69, 9.17) is 9.47 Å². The molecule has 0 bridgehead atoms. The molecule has 0 aliphatic carbocycles. The van der Waals surface area contributed by atoms with Gasteiger partial charge in [0.15, 0.2) is 5.82 Å². The lowest BCUT2D eigenvalue weighted by Gasteiger charge is -2.36. The van der Waals surface area contributed by atoms with Gasteiger partial charge in [-0.1, -0.05) is 17.8 Å². The monoisotopic (exact) mass is 405 g/mol. The van der Waals surface area contributed by atoms with Crippen LogP contribution in [0.15, 0.2) is 28.0 Å². The molecule has 2 aromatic rings. The molecule has 1 aromatic carbocycles. The summed E-state index contributed by atoms with van der Waals surface area (Å²) < 4.78 is 27.5. The second kappa shape index (κ2) is 7.08. The van der Waals surface area contributed by atoms with Crippen molar-refractivity contribution < 1.29 is 13.9 Å². The van der Waals surface area contributed by atoms with Gasteiger partial charge in [-0.3, -0.25) is 14.6 Å². The summed E-state index contributed by atoms with van der Waals surface area (Å²) in [6.07, 6.45) is 1.57. The molecule has 1 N–H and O–H groups in total. The second-order valence-corrected chi connectivity index (χ2v) is 9.12. The topological polar surface area (TPSA) is 68.6 Å².